The Morgan fingerprint density at radius 1 is 1.70 bits per heavy atom. The summed E-state index contributed by atoms with van der Waals surface area (Å²) in [7, 11) is 0. The SMILES string of the molecule is CCC(=O)CN1CC(O)C1. The molecule has 0 aromatic carbocycles. The number of aliphatic hydroxyl groups excluding tert-OH is 1. The summed E-state index contributed by atoms with van der Waals surface area (Å²) in [6.45, 7) is 3.73. The highest BCUT2D eigenvalue weighted by Crippen LogP contribution is 2.06. The second-order valence-electron chi connectivity index (χ2n) is 2.74. The maximum absolute atomic E-state index is 10.8. The van der Waals surface area contributed by atoms with Gasteiger partial charge in [-0.2, -0.15) is 0 Å². The van der Waals surface area contributed by atoms with Crippen molar-refractivity contribution in [2.24, 2.45) is 0 Å². The Morgan fingerprint density at radius 2 is 2.30 bits per heavy atom. The second kappa shape index (κ2) is 3.12. The number of carbonyl (C=O) groups is 1. The molecule has 0 aliphatic carbocycles. The lowest BCUT2D eigenvalue weighted by Crippen LogP contribution is -2.52. The van der Waals surface area contributed by atoms with Gasteiger partial charge in [0.25, 0.3) is 0 Å². The fourth-order valence-corrected chi connectivity index (χ4v) is 1.03. The first-order valence-corrected chi connectivity index (χ1v) is 3.64. The number of hydrogen-bond donors (Lipinski definition) is 1. The van der Waals surface area contributed by atoms with E-state index in [1.54, 1.807) is 0 Å². The van der Waals surface area contributed by atoms with E-state index in [0.29, 0.717) is 26.1 Å². The van der Waals surface area contributed by atoms with E-state index >= 15 is 0 Å². The number of hydrogen-bond acceptors (Lipinski definition) is 3. The third kappa shape index (κ3) is 1.78. The number of nitrogens with zero attached hydrogens (tertiary/aromatic N) is 1. The molecular weight excluding hydrogens is 130 g/mol. The predicted molar refractivity (Wildman–Crippen MR) is 37.7 cm³/mol. The molecule has 1 fully saturated rings. The highest BCUT2D eigenvalue weighted by Gasteiger charge is 2.24. The minimum absolute atomic E-state index is 0.190. The molecule has 0 unspecified atom stereocenters. The molecule has 1 saturated heterocycles. The molecule has 1 heterocycles. The van der Waals surface area contributed by atoms with Crippen molar-refractivity contribution in [2.75, 3.05) is 19.6 Å². The number of likely N-dealkylation sites (tertiary alicyclic amines) is 1. The molecule has 3 nitrogen and oxygen atoms in total. The zero-order chi connectivity index (χ0) is 7.56. The van der Waals surface area contributed by atoms with Crippen LogP contribution >= 0.6 is 0 Å². The van der Waals surface area contributed by atoms with Gasteiger partial charge in [-0.15, -0.1) is 0 Å². The molecular formula is C7H13NO2. The van der Waals surface area contributed by atoms with Gasteiger partial charge in [-0.05, 0) is 0 Å². The maximum atomic E-state index is 10.8. The van der Waals surface area contributed by atoms with Gasteiger partial charge in [0.1, 0.15) is 5.78 Å². The third-order valence-corrected chi connectivity index (χ3v) is 1.73. The van der Waals surface area contributed by atoms with E-state index in [2.05, 4.69) is 0 Å². The average molecular weight is 143 g/mol. The van der Waals surface area contributed by atoms with Crippen molar-refractivity contribution >= 4 is 5.78 Å². The molecule has 0 aromatic heterocycles. The third-order valence-electron chi connectivity index (χ3n) is 1.73. The monoisotopic (exact) mass is 143 g/mol. The number of ketones is 1. The first-order valence-electron chi connectivity index (χ1n) is 3.64. The van der Waals surface area contributed by atoms with Gasteiger partial charge in [-0.3, -0.25) is 9.69 Å². The van der Waals surface area contributed by atoms with Gasteiger partial charge in [0.05, 0.1) is 12.6 Å². The highest BCUT2D eigenvalue weighted by atomic mass is 16.3. The quantitative estimate of drug-likeness (QED) is 0.586. The van der Waals surface area contributed by atoms with Crippen molar-refractivity contribution in [1.29, 1.82) is 0 Å². The fourth-order valence-electron chi connectivity index (χ4n) is 1.03. The highest BCUT2D eigenvalue weighted by molar-refractivity contribution is 5.80. The van der Waals surface area contributed by atoms with Crippen molar-refractivity contribution in [3.8, 4) is 0 Å². The van der Waals surface area contributed by atoms with Gasteiger partial charge in [0.2, 0.25) is 0 Å². The van der Waals surface area contributed by atoms with Crippen LogP contribution in [0.1, 0.15) is 13.3 Å². The summed E-state index contributed by atoms with van der Waals surface area (Å²) in [6, 6.07) is 0. The summed E-state index contributed by atoms with van der Waals surface area (Å²) < 4.78 is 0. The Bertz CT molecular complexity index is 130. The van der Waals surface area contributed by atoms with Crippen LogP contribution in [0.4, 0.5) is 0 Å². The maximum Gasteiger partial charge on any atom is 0.146 e. The zero-order valence-corrected chi connectivity index (χ0v) is 6.21. The van der Waals surface area contributed by atoms with Crippen molar-refractivity contribution in [1.82, 2.24) is 4.90 Å². The molecule has 3 heteroatoms. The summed E-state index contributed by atoms with van der Waals surface area (Å²) in [6.07, 6.45) is 0.414. The lowest BCUT2D eigenvalue weighted by atomic mass is 10.1. The summed E-state index contributed by atoms with van der Waals surface area (Å²) in [5.74, 6) is 0.256. The average Bonchev–Trinajstić information content (AvgIpc) is 1.84. The molecule has 0 bridgehead atoms. The van der Waals surface area contributed by atoms with Crippen molar-refractivity contribution in [3.63, 3.8) is 0 Å². The second-order valence-corrected chi connectivity index (χ2v) is 2.74. The molecule has 1 N–H and O–H groups in total. The molecule has 0 amide bonds. The van der Waals surface area contributed by atoms with E-state index < -0.39 is 0 Å². The van der Waals surface area contributed by atoms with Crippen LogP contribution in [0.2, 0.25) is 0 Å². The number of β-amino-alcohol motifs (C(OH)–C–C–N with tert-alkyl or cyclic N) is 1. The molecule has 0 saturated carbocycles. The van der Waals surface area contributed by atoms with Crippen molar-refractivity contribution in [2.45, 2.75) is 19.4 Å². The first kappa shape index (κ1) is 7.69. The van der Waals surface area contributed by atoms with Crippen LogP contribution in [-0.2, 0) is 4.79 Å². The first-order chi connectivity index (χ1) is 4.72. The topological polar surface area (TPSA) is 40.5 Å². The van der Waals surface area contributed by atoms with Crippen LogP contribution in [-0.4, -0.2) is 41.5 Å². The van der Waals surface area contributed by atoms with E-state index in [9.17, 15) is 4.79 Å². The summed E-state index contributed by atoms with van der Waals surface area (Å²) in [4.78, 5) is 12.8. The molecule has 58 valence electrons. The lowest BCUT2D eigenvalue weighted by Gasteiger charge is -2.34. The normalized spacial score (nSPS) is 20.6. The number of carbonyl (C=O) groups excluding carboxylic acids is 1. The minimum atomic E-state index is -0.190. The van der Waals surface area contributed by atoms with Gasteiger partial charge >= 0.3 is 0 Å². The number of aliphatic hydroxyl groups is 1. The van der Waals surface area contributed by atoms with Gasteiger partial charge in [0.15, 0.2) is 0 Å². The van der Waals surface area contributed by atoms with E-state index in [0.717, 1.165) is 0 Å². The standard InChI is InChI=1S/C7H13NO2/c1-2-6(9)3-8-4-7(10)5-8/h7,10H,2-5H2,1H3. The molecule has 1 rings (SSSR count). The summed E-state index contributed by atoms with van der Waals surface area (Å²) in [5.41, 5.74) is 0. The van der Waals surface area contributed by atoms with Crippen LogP contribution < -0.4 is 0 Å². The van der Waals surface area contributed by atoms with Crippen LogP contribution in [0.3, 0.4) is 0 Å². The van der Waals surface area contributed by atoms with Crippen molar-refractivity contribution in [3.05, 3.63) is 0 Å². The molecule has 0 radical (unpaired) electrons. The fraction of sp³-hybridized carbons (Fsp3) is 0.857. The zero-order valence-electron chi connectivity index (χ0n) is 6.21. The van der Waals surface area contributed by atoms with Gasteiger partial charge in [-0.25, -0.2) is 0 Å². The number of rotatable bonds is 3. The van der Waals surface area contributed by atoms with Crippen LogP contribution in [0, 0.1) is 0 Å². The van der Waals surface area contributed by atoms with E-state index in [1.807, 2.05) is 11.8 Å². The Balaban J connectivity index is 2.10. The molecule has 1 aliphatic heterocycles. The Labute approximate surface area is 60.6 Å². The van der Waals surface area contributed by atoms with Crippen LogP contribution in [0.5, 0.6) is 0 Å². The van der Waals surface area contributed by atoms with Crippen molar-refractivity contribution < 1.29 is 9.90 Å². The van der Waals surface area contributed by atoms with Gasteiger partial charge in [-0.1, -0.05) is 6.92 Å². The van der Waals surface area contributed by atoms with E-state index in [4.69, 9.17) is 5.11 Å². The molecule has 1 aliphatic rings. The van der Waals surface area contributed by atoms with E-state index in [1.165, 1.54) is 0 Å². The van der Waals surface area contributed by atoms with Gasteiger partial charge < -0.3 is 5.11 Å². The largest absolute Gasteiger partial charge is 0.390 e. The summed E-state index contributed by atoms with van der Waals surface area (Å²) >= 11 is 0. The molecule has 0 spiro atoms. The van der Waals surface area contributed by atoms with Crippen LogP contribution in [0.15, 0.2) is 0 Å². The molecule has 0 atom stereocenters. The Kier molecular flexibility index (Phi) is 2.40. The van der Waals surface area contributed by atoms with Gasteiger partial charge in [0, 0.05) is 19.5 Å². The lowest BCUT2D eigenvalue weighted by molar-refractivity contribution is -0.122. The van der Waals surface area contributed by atoms with Crippen LogP contribution in [0.25, 0.3) is 0 Å². The smallest absolute Gasteiger partial charge is 0.146 e. The predicted octanol–water partition coefficient (Wildman–Crippen LogP) is -0.358. The Hall–Kier alpha value is -0.410. The Morgan fingerprint density at radius 3 is 2.70 bits per heavy atom. The summed E-state index contributed by atoms with van der Waals surface area (Å²) in [5, 5.41) is 8.85. The van der Waals surface area contributed by atoms with E-state index in [-0.39, 0.29) is 11.9 Å². The molecule has 10 heavy (non-hydrogen) atoms. The molecule has 0 aromatic rings. The number of Topliss-reactive ketones (excluding diaryl/α,β-unsaturated/α-hetero) is 1. The minimum Gasteiger partial charge on any atom is -0.390 e.